The van der Waals surface area contributed by atoms with E-state index in [1.54, 1.807) is 0 Å². The largest absolute Gasteiger partial charge is 0.240 e. The Kier molecular flexibility index (Phi) is 6.45. The number of hydrogen-bond acceptors (Lipinski definition) is 2. The summed E-state index contributed by atoms with van der Waals surface area (Å²) in [5.41, 5.74) is 0. The van der Waals surface area contributed by atoms with Gasteiger partial charge >= 0.3 is 0 Å². The highest BCUT2D eigenvalue weighted by atomic mass is 32.2. The van der Waals surface area contributed by atoms with E-state index in [1.165, 1.54) is 18.2 Å². The summed E-state index contributed by atoms with van der Waals surface area (Å²) in [6, 6.07) is 5.07. The summed E-state index contributed by atoms with van der Waals surface area (Å²) in [5.74, 6) is -0.204. The van der Waals surface area contributed by atoms with Crippen molar-refractivity contribution in [2.24, 2.45) is 5.92 Å². The summed E-state index contributed by atoms with van der Waals surface area (Å²) in [7, 11) is -3.60. The maximum atomic E-state index is 13.0. The SMILES string of the molecule is CCCCC(CC)CNS(=O)(=O)c1cccc(F)c1. The minimum Gasteiger partial charge on any atom is -0.211 e. The van der Waals surface area contributed by atoms with Crippen LogP contribution in [0.3, 0.4) is 0 Å². The number of hydrogen-bond donors (Lipinski definition) is 1. The Bertz CT molecular complexity index is 488. The van der Waals surface area contributed by atoms with E-state index in [-0.39, 0.29) is 4.90 Å². The predicted octanol–water partition coefficient (Wildman–Crippen LogP) is 3.32. The van der Waals surface area contributed by atoms with Gasteiger partial charge in [0.15, 0.2) is 0 Å². The molecule has 1 atom stereocenters. The van der Waals surface area contributed by atoms with E-state index >= 15 is 0 Å². The van der Waals surface area contributed by atoms with Crippen LogP contribution < -0.4 is 4.72 Å². The van der Waals surface area contributed by atoms with Crippen LogP contribution in [0.15, 0.2) is 29.2 Å². The second kappa shape index (κ2) is 7.60. The van der Waals surface area contributed by atoms with Crippen LogP contribution >= 0.6 is 0 Å². The van der Waals surface area contributed by atoms with Gasteiger partial charge in [0.25, 0.3) is 0 Å². The van der Waals surface area contributed by atoms with Gasteiger partial charge in [0.2, 0.25) is 10.0 Å². The van der Waals surface area contributed by atoms with Crippen LogP contribution in [0.1, 0.15) is 39.5 Å². The Labute approximate surface area is 115 Å². The molecule has 1 aromatic rings. The van der Waals surface area contributed by atoms with E-state index < -0.39 is 15.8 Å². The average Bonchev–Trinajstić information content (AvgIpc) is 2.39. The van der Waals surface area contributed by atoms with Crippen molar-refractivity contribution in [1.82, 2.24) is 4.72 Å². The van der Waals surface area contributed by atoms with Gasteiger partial charge in [0.1, 0.15) is 5.82 Å². The van der Waals surface area contributed by atoms with Crippen LogP contribution in [0, 0.1) is 11.7 Å². The maximum Gasteiger partial charge on any atom is 0.240 e. The zero-order valence-electron chi connectivity index (χ0n) is 11.5. The number of sulfonamides is 1. The quantitative estimate of drug-likeness (QED) is 0.797. The molecule has 0 heterocycles. The molecule has 1 N–H and O–H groups in total. The van der Waals surface area contributed by atoms with Gasteiger partial charge in [0, 0.05) is 6.54 Å². The molecule has 0 aromatic heterocycles. The number of halogens is 1. The van der Waals surface area contributed by atoms with Crippen LogP contribution in [0.4, 0.5) is 4.39 Å². The molecule has 0 bridgehead atoms. The van der Waals surface area contributed by atoms with Crippen LogP contribution in [0.2, 0.25) is 0 Å². The lowest BCUT2D eigenvalue weighted by Gasteiger charge is -2.15. The van der Waals surface area contributed by atoms with Gasteiger partial charge in [-0.2, -0.15) is 0 Å². The summed E-state index contributed by atoms with van der Waals surface area (Å²) < 4.78 is 39.6. The van der Waals surface area contributed by atoms with Crippen LogP contribution in [-0.4, -0.2) is 15.0 Å². The molecule has 3 nitrogen and oxygen atoms in total. The summed E-state index contributed by atoms with van der Waals surface area (Å²) in [6.07, 6.45) is 4.15. The van der Waals surface area contributed by atoms with Crippen molar-refractivity contribution in [2.75, 3.05) is 6.54 Å². The second-order valence-electron chi connectivity index (χ2n) is 4.73. The molecule has 0 saturated carbocycles. The smallest absolute Gasteiger partial charge is 0.211 e. The number of rotatable bonds is 8. The molecule has 0 radical (unpaired) electrons. The summed E-state index contributed by atoms with van der Waals surface area (Å²) in [4.78, 5) is -0.0159. The molecular weight excluding hydrogens is 265 g/mol. The molecule has 0 aliphatic carbocycles. The third-order valence-corrected chi connectivity index (χ3v) is 4.63. The highest BCUT2D eigenvalue weighted by Gasteiger charge is 2.16. The van der Waals surface area contributed by atoms with E-state index in [2.05, 4.69) is 18.6 Å². The molecule has 1 aromatic carbocycles. The van der Waals surface area contributed by atoms with Crippen molar-refractivity contribution >= 4 is 10.0 Å². The topological polar surface area (TPSA) is 46.2 Å². The summed E-state index contributed by atoms with van der Waals surface area (Å²) in [5, 5.41) is 0. The lowest BCUT2D eigenvalue weighted by Crippen LogP contribution is -2.29. The summed E-state index contributed by atoms with van der Waals surface area (Å²) >= 11 is 0. The molecule has 108 valence electrons. The molecule has 0 amide bonds. The molecule has 1 rings (SSSR count). The van der Waals surface area contributed by atoms with E-state index in [9.17, 15) is 12.8 Å². The van der Waals surface area contributed by atoms with Gasteiger partial charge < -0.3 is 0 Å². The normalized spacial score (nSPS) is 13.4. The van der Waals surface area contributed by atoms with Gasteiger partial charge in [-0.25, -0.2) is 17.5 Å². The summed E-state index contributed by atoms with van der Waals surface area (Å²) in [6.45, 7) is 4.58. The second-order valence-corrected chi connectivity index (χ2v) is 6.49. The van der Waals surface area contributed by atoms with E-state index in [4.69, 9.17) is 0 Å². The van der Waals surface area contributed by atoms with Crippen LogP contribution in [0.5, 0.6) is 0 Å². The van der Waals surface area contributed by atoms with Gasteiger partial charge in [-0.1, -0.05) is 39.2 Å². The zero-order valence-corrected chi connectivity index (χ0v) is 12.3. The van der Waals surface area contributed by atoms with Crippen molar-refractivity contribution in [3.05, 3.63) is 30.1 Å². The number of unbranched alkanes of at least 4 members (excludes halogenated alkanes) is 1. The lowest BCUT2D eigenvalue weighted by atomic mass is 10.00. The number of nitrogens with one attached hydrogen (secondary N) is 1. The average molecular weight is 287 g/mol. The standard InChI is InChI=1S/C14H22FNO2S/c1-3-5-7-12(4-2)11-16-19(17,18)14-9-6-8-13(15)10-14/h6,8-10,12,16H,3-5,7,11H2,1-2H3. The molecule has 19 heavy (non-hydrogen) atoms. The monoisotopic (exact) mass is 287 g/mol. The van der Waals surface area contributed by atoms with Gasteiger partial charge in [0.05, 0.1) is 4.90 Å². The van der Waals surface area contributed by atoms with Crippen molar-refractivity contribution in [1.29, 1.82) is 0 Å². The Morgan fingerprint density at radius 3 is 2.63 bits per heavy atom. The van der Waals surface area contributed by atoms with Crippen molar-refractivity contribution in [3.8, 4) is 0 Å². The first-order valence-corrected chi connectivity index (χ1v) is 8.23. The minimum atomic E-state index is -3.60. The number of benzene rings is 1. The van der Waals surface area contributed by atoms with Gasteiger partial charge in [-0.15, -0.1) is 0 Å². The van der Waals surface area contributed by atoms with Crippen LogP contribution in [0.25, 0.3) is 0 Å². The molecule has 0 aliphatic heterocycles. The molecule has 0 saturated heterocycles. The Balaban J connectivity index is 2.64. The molecule has 5 heteroatoms. The highest BCUT2D eigenvalue weighted by molar-refractivity contribution is 7.89. The minimum absolute atomic E-state index is 0.0159. The van der Waals surface area contributed by atoms with Crippen molar-refractivity contribution < 1.29 is 12.8 Å². The van der Waals surface area contributed by atoms with Crippen molar-refractivity contribution in [3.63, 3.8) is 0 Å². The highest BCUT2D eigenvalue weighted by Crippen LogP contribution is 2.14. The lowest BCUT2D eigenvalue weighted by molar-refractivity contribution is 0.443. The fourth-order valence-electron chi connectivity index (χ4n) is 1.89. The molecular formula is C14H22FNO2S. The fourth-order valence-corrected chi connectivity index (χ4v) is 3.04. The molecule has 0 fully saturated rings. The zero-order chi connectivity index (χ0) is 14.3. The van der Waals surface area contributed by atoms with E-state index in [0.717, 1.165) is 31.7 Å². The third-order valence-electron chi connectivity index (χ3n) is 3.21. The predicted molar refractivity (Wildman–Crippen MR) is 74.9 cm³/mol. The van der Waals surface area contributed by atoms with E-state index in [0.29, 0.717) is 12.5 Å². The van der Waals surface area contributed by atoms with Crippen LogP contribution in [-0.2, 0) is 10.0 Å². The third kappa shape index (κ3) is 5.28. The molecule has 1 unspecified atom stereocenters. The van der Waals surface area contributed by atoms with Gasteiger partial charge in [-0.3, -0.25) is 0 Å². The molecule has 0 aliphatic rings. The first kappa shape index (κ1) is 16.1. The first-order valence-electron chi connectivity index (χ1n) is 6.74. The fraction of sp³-hybridized carbons (Fsp3) is 0.571. The Morgan fingerprint density at radius 1 is 1.32 bits per heavy atom. The molecule has 0 spiro atoms. The Hall–Kier alpha value is -0.940. The van der Waals surface area contributed by atoms with Gasteiger partial charge in [-0.05, 0) is 30.5 Å². The maximum absolute atomic E-state index is 13.0. The Morgan fingerprint density at radius 2 is 2.05 bits per heavy atom. The first-order chi connectivity index (χ1) is 8.99. The van der Waals surface area contributed by atoms with E-state index in [1.807, 2.05) is 0 Å². The van der Waals surface area contributed by atoms with Crippen molar-refractivity contribution in [2.45, 2.75) is 44.4 Å².